The zero-order chi connectivity index (χ0) is 11.7. The number of phenols is 1. The summed E-state index contributed by atoms with van der Waals surface area (Å²) in [6.07, 6.45) is 1.21. The Morgan fingerprint density at radius 3 is 3.12 bits per heavy atom. The first kappa shape index (κ1) is 10.5. The zero-order valence-corrected chi connectivity index (χ0v) is 8.99. The maximum atomic E-state index is 11.2. The fourth-order valence-electron chi connectivity index (χ4n) is 1.70. The van der Waals surface area contributed by atoms with Crippen LogP contribution in [0.5, 0.6) is 11.5 Å². The minimum absolute atomic E-state index is 0.210. The lowest BCUT2D eigenvalue weighted by Gasteiger charge is -2.10. The van der Waals surface area contributed by atoms with E-state index in [-0.39, 0.29) is 17.7 Å². The first-order valence-electron chi connectivity index (χ1n) is 5.01. The Labute approximate surface area is 93.5 Å². The SMILES string of the molecule is C=CC(=O)NC1COc2cc(C)c(O)cc21. The number of ether oxygens (including phenoxy) is 1. The van der Waals surface area contributed by atoms with Crippen LogP contribution in [0.15, 0.2) is 24.8 Å². The van der Waals surface area contributed by atoms with Crippen LogP contribution in [-0.4, -0.2) is 17.6 Å². The molecular formula is C12H13NO3. The van der Waals surface area contributed by atoms with E-state index in [4.69, 9.17) is 4.74 Å². The normalized spacial score (nSPS) is 17.4. The van der Waals surface area contributed by atoms with E-state index >= 15 is 0 Å². The van der Waals surface area contributed by atoms with Crippen LogP contribution in [0.3, 0.4) is 0 Å². The van der Waals surface area contributed by atoms with Gasteiger partial charge < -0.3 is 15.2 Å². The summed E-state index contributed by atoms with van der Waals surface area (Å²) >= 11 is 0. The van der Waals surface area contributed by atoms with E-state index in [9.17, 15) is 9.90 Å². The van der Waals surface area contributed by atoms with E-state index < -0.39 is 0 Å². The predicted octanol–water partition coefficient (Wildman–Crippen LogP) is 1.44. The maximum absolute atomic E-state index is 11.2. The molecular weight excluding hydrogens is 206 g/mol. The number of amides is 1. The van der Waals surface area contributed by atoms with Crippen LogP contribution >= 0.6 is 0 Å². The van der Waals surface area contributed by atoms with Gasteiger partial charge in [0.2, 0.25) is 5.91 Å². The molecule has 0 radical (unpaired) electrons. The van der Waals surface area contributed by atoms with Crippen LogP contribution in [0, 0.1) is 6.92 Å². The summed E-state index contributed by atoms with van der Waals surface area (Å²) in [6, 6.07) is 3.18. The van der Waals surface area contributed by atoms with Crippen molar-refractivity contribution < 1.29 is 14.6 Å². The van der Waals surface area contributed by atoms with Crippen molar-refractivity contribution in [3.63, 3.8) is 0 Å². The minimum Gasteiger partial charge on any atom is -0.508 e. The van der Waals surface area contributed by atoms with Crippen molar-refractivity contribution >= 4 is 5.91 Å². The summed E-state index contributed by atoms with van der Waals surface area (Å²) in [5.74, 6) is 0.674. The molecule has 0 spiro atoms. The van der Waals surface area contributed by atoms with Gasteiger partial charge in [0.1, 0.15) is 18.1 Å². The molecule has 1 amide bonds. The number of carbonyl (C=O) groups is 1. The monoisotopic (exact) mass is 219 g/mol. The lowest BCUT2D eigenvalue weighted by Crippen LogP contribution is -2.27. The second-order valence-corrected chi connectivity index (χ2v) is 3.75. The van der Waals surface area contributed by atoms with Crippen LogP contribution < -0.4 is 10.1 Å². The summed E-state index contributed by atoms with van der Waals surface area (Å²) in [7, 11) is 0. The first-order chi connectivity index (χ1) is 7.61. The molecule has 1 aliphatic heterocycles. The van der Waals surface area contributed by atoms with Gasteiger partial charge in [0, 0.05) is 5.56 Å². The van der Waals surface area contributed by atoms with E-state index in [0.717, 1.165) is 11.1 Å². The number of hydrogen-bond donors (Lipinski definition) is 2. The van der Waals surface area contributed by atoms with E-state index in [1.807, 2.05) is 0 Å². The highest BCUT2D eigenvalue weighted by Crippen LogP contribution is 2.36. The summed E-state index contributed by atoms with van der Waals surface area (Å²) in [5, 5.41) is 12.3. The van der Waals surface area contributed by atoms with Crippen LogP contribution in [0.25, 0.3) is 0 Å². The topological polar surface area (TPSA) is 58.6 Å². The standard InChI is InChI=1S/C12H13NO3/c1-3-12(15)13-9-6-16-11-4-7(2)10(14)5-8(9)11/h3-5,9,14H,1,6H2,2H3,(H,13,15). The van der Waals surface area contributed by atoms with Gasteiger partial charge in [-0.2, -0.15) is 0 Å². The van der Waals surface area contributed by atoms with Gasteiger partial charge in [0.25, 0.3) is 0 Å². The molecule has 1 aromatic carbocycles. The summed E-state index contributed by atoms with van der Waals surface area (Å²) in [5.41, 5.74) is 1.56. The van der Waals surface area contributed by atoms with Gasteiger partial charge in [-0.25, -0.2) is 0 Å². The Hall–Kier alpha value is -1.97. The Morgan fingerprint density at radius 2 is 2.44 bits per heavy atom. The highest BCUT2D eigenvalue weighted by Gasteiger charge is 2.26. The van der Waals surface area contributed by atoms with Crippen molar-refractivity contribution in [2.45, 2.75) is 13.0 Å². The molecule has 16 heavy (non-hydrogen) atoms. The maximum Gasteiger partial charge on any atom is 0.243 e. The predicted molar refractivity (Wildman–Crippen MR) is 59.4 cm³/mol. The van der Waals surface area contributed by atoms with Gasteiger partial charge in [0.15, 0.2) is 0 Å². The van der Waals surface area contributed by atoms with E-state index in [2.05, 4.69) is 11.9 Å². The molecule has 0 aromatic heterocycles. The Kier molecular flexibility index (Phi) is 2.56. The van der Waals surface area contributed by atoms with Gasteiger partial charge in [-0.05, 0) is 30.7 Å². The van der Waals surface area contributed by atoms with Gasteiger partial charge >= 0.3 is 0 Å². The van der Waals surface area contributed by atoms with Crippen molar-refractivity contribution in [3.05, 3.63) is 35.9 Å². The van der Waals surface area contributed by atoms with Crippen LogP contribution in [0.1, 0.15) is 17.2 Å². The first-order valence-corrected chi connectivity index (χ1v) is 5.01. The second-order valence-electron chi connectivity index (χ2n) is 3.75. The molecule has 2 N–H and O–H groups in total. The molecule has 1 heterocycles. The van der Waals surface area contributed by atoms with E-state index in [1.165, 1.54) is 6.08 Å². The molecule has 0 fully saturated rings. The molecule has 4 nitrogen and oxygen atoms in total. The highest BCUT2D eigenvalue weighted by molar-refractivity contribution is 5.87. The number of rotatable bonds is 2. The fraction of sp³-hybridized carbons (Fsp3) is 0.250. The van der Waals surface area contributed by atoms with Crippen molar-refractivity contribution in [2.75, 3.05) is 6.61 Å². The molecule has 0 aliphatic carbocycles. The van der Waals surface area contributed by atoms with Crippen LogP contribution in [-0.2, 0) is 4.79 Å². The summed E-state index contributed by atoms with van der Waals surface area (Å²) in [4.78, 5) is 11.2. The molecule has 4 heteroatoms. The van der Waals surface area contributed by atoms with Gasteiger partial charge in [0.05, 0.1) is 6.04 Å². The molecule has 1 unspecified atom stereocenters. The molecule has 0 saturated heterocycles. The third kappa shape index (κ3) is 1.74. The van der Waals surface area contributed by atoms with Gasteiger partial charge in [-0.3, -0.25) is 4.79 Å². The van der Waals surface area contributed by atoms with Crippen molar-refractivity contribution in [2.24, 2.45) is 0 Å². The van der Waals surface area contributed by atoms with Gasteiger partial charge in [-0.15, -0.1) is 0 Å². The lowest BCUT2D eigenvalue weighted by atomic mass is 10.1. The molecule has 84 valence electrons. The number of aryl methyl sites for hydroxylation is 1. The van der Waals surface area contributed by atoms with Crippen molar-refractivity contribution in [3.8, 4) is 11.5 Å². The molecule has 0 saturated carbocycles. The minimum atomic E-state index is -0.249. The Morgan fingerprint density at radius 1 is 1.69 bits per heavy atom. The summed E-state index contributed by atoms with van der Waals surface area (Å²) in [6.45, 7) is 5.57. The molecule has 1 atom stereocenters. The lowest BCUT2D eigenvalue weighted by molar-refractivity contribution is -0.117. The van der Waals surface area contributed by atoms with Gasteiger partial charge in [-0.1, -0.05) is 6.58 Å². The zero-order valence-electron chi connectivity index (χ0n) is 8.99. The smallest absolute Gasteiger partial charge is 0.243 e. The quantitative estimate of drug-likeness (QED) is 0.740. The van der Waals surface area contributed by atoms with Crippen LogP contribution in [0.2, 0.25) is 0 Å². The average molecular weight is 219 g/mol. The molecule has 1 aromatic rings. The average Bonchev–Trinajstić information content (AvgIpc) is 2.62. The number of nitrogens with one attached hydrogen (secondary N) is 1. The van der Waals surface area contributed by atoms with Crippen molar-refractivity contribution in [1.29, 1.82) is 0 Å². The summed E-state index contributed by atoms with van der Waals surface area (Å²) < 4.78 is 5.43. The van der Waals surface area contributed by atoms with Crippen molar-refractivity contribution in [1.82, 2.24) is 5.32 Å². The molecule has 2 rings (SSSR count). The number of carbonyl (C=O) groups excluding carboxylic acids is 1. The highest BCUT2D eigenvalue weighted by atomic mass is 16.5. The Bertz CT molecular complexity index is 454. The number of benzene rings is 1. The largest absolute Gasteiger partial charge is 0.508 e. The number of aromatic hydroxyl groups is 1. The van der Waals surface area contributed by atoms with E-state index in [1.54, 1.807) is 19.1 Å². The third-order valence-electron chi connectivity index (χ3n) is 2.61. The number of phenolic OH excluding ortho intramolecular Hbond substituents is 1. The molecule has 0 bridgehead atoms. The van der Waals surface area contributed by atoms with E-state index in [0.29, 0.717) is 12.4 Å². The fourth-order valence-corrected chi connectivity index (χ4v) is 1.70. The third-order valence-corrected chi connectivity index (χ3v) is 2.61. The Balaban J connectivity index is 2.29. The molecule has 1 aliphatic rings. The second kappa shape index (κ2) is 3.89. The number of hydrogen-bond acceptors (Lipinski definition) is 3. The number of fused-ring (bicyclic) bond motifs is 1. The van der Waals surface area contributed by atoms with Crippen LogP contribution in [0.4, 0.5) is 0 Å².